The van der Waals surface area contributed by atoms with Crippen molar-refractivity contribution < 1.29 is 47.5 Å². The summed E-state index contributed by atoms with van der Waals surface area (Å²) < 4.78 is 43.8. The van der Waals surface area contributed by atoms with Gasteiger partial charge in [0.15, 0.2) is 0 Å². The van der Waals surface area contributed by atoms with Gasteiger partial charge < -0.3 is 37.9 Å². The molecule has 0 radical (unpaired) electrons. The molecule has 0 aliphatic carbocycles. The van der Waals surface area contributed by atoms with Gasteiger partial charge in [-0.25, -0.2) is 9.59 Å². The molecule has 2 aliphatic rings. The van der Waals surface area contributed by atoms with E-state index in [0.717, 1.165) is 44.7 Å². The third kappa shape index (κ3) is 8.95. The van der Waals surface area contributed by atoms with Gasteiger partial charge in [-0.15, -0.1) is 0 Å². The molecule has 0 amide bonds. The van der Waals surface area contributed by atoms with Crippen LogP contribution in [0.25, 0.3) is 10.8 Å². The van der Waals surface area contributed by atoms with Crippen LogP contribution in [0.2, 0.25) is 0 Å². The predicted molar refractivity (Wildman–Crippen MR) is 155 cm³/mol. The van der Waals surface area contributed by atoms with Crippen molar-refractivity contribution in [2.75, 3.05) is 92.5 Å². The van der Waals surface area contributed by atoms with E-state index in [1.54, 1.807) is 30.3 Å². The monoisotopic (exact) mass is 588 g/mol. The molecule has 2 aromatic carbocycles. The molecule has 232 valence electrons. The highest BCUT2D eigenvalue weighted by Crippen LogP contribution is 2.32. The van der Waals surface area contributed by atoms with Crippen LogP contribution in [0.4, 0.5) is 0 Å². The molecule has 10 heteroatoms. The second kappa shape index (κ2) is 16.3. The van der Waals surface area contributed by atoms with Gasteiger partial charge in [0.2, 0.25) is 0 Å². The van der Waals surface area contributed by atoms with Crippen molar-refractivity contribution >= 4 is 22.7 Å². The van der Waals surface area contributed by atoms with Crippen LogP contribution >= 0.6 is 0 Å². The molecule has 0 atom stereocenters. The maximum Gasteiger partial charge on any atom is 0.338 e. The number of esters is 2. The Morgan fingerprint density at radius 2 is 1.19 bits per heavy atom. The molecular weight excluding hydrogens is 544 g/mol. The minimum absolute atomic E-state index is 0.134. The normalized spacial score (nSPS) is 16.9. The highest BCUT2D eigenvalue weighted by atomic mass is 16.6. The van der Waals surface area contributed by atoms with Crippen LogP contribution in [0.15, 0.2) is 36.4 Å². The quantitative estimate of drug-likeness (QED) is 0.166. The lowest BCUT2D eigenvalue weighted by Crippen LogP contribution is -2.45. The van der Waals surface area contributed by atoms with E-state index in [-0.39, 0.29) is 37.3 Å². The first-order valence-electron chi connectivity index (χ1n) is 14.8. The second-order valence-corrected chi connectivity index (χ2v) is 11.0. The number of carbonyl (C=O) groups is 2. The SMILES string of the molecule is CCC1(COCCOCCOC(=O)c2ccc3c(C(=O)OCCOCCOCC4(CC)COC4)cccc3c2)COC1. The fourth-order valence-corrected chi connectivity index (χ4v) is 4.71. The molecule has 10 nitrogen and oxygen atoms in total. The lowest BCUT2D eigenvalue weighted by molar-refractivity contribution is -0.153. The van der Waals surface area contributed by atoms with Crippen LogP contribution in [0.3, 0.4) is 0 Å². The van der Waals surface area contributed by atoms with Gasteiger partial charge in [-0.05, 0) is 41.8 Å². The van der Waals surface area contributed by atoms with E-state index in [9.17, 15) is 9.59 Å². The number of benzene rings is 2. The summed E-state index contributed by atoms with van der Waals surface area (Å²) in [7, 11) is 0. The zero-order valence-corrected chi connectivity index (χ0v) is 24.9. The van der Waals surface area contributed by atoms with Crippen LogP contribution in [0, 0.1) is 10.8 Å². The molecule has 2 saturated heterocycles. The van der Waals surface area contributed by atoms with Crippen LogP contribution in [0.1, 0.15) is 47.4 Å². The van der Waals surface area contributed by atoms with Crippen molar-refractivity contribution in [3.05, 3.63) is 47.5 Å². The summed E-state index contributed by atoms with van der Waals surface area (Å²) in [6.45, 7) is 11.3. The first-order valence-corrected chi connectivity index (χ1v) is 14.8. The van der Waals surface area contributed by atoms with Crippen LogP contribution in [-0.4, -0.2) is 104 Å². The zero-order valence-electron chi connectivity index (χ0n) is 24.9. The number of rotatable bonds is 20. The topological polar surface area (TPSA) is 108 Å². The Kier molecular flexibility index (Phi) is 12.5. The summed E-state index contributed by atoms with van der Waals surface area (Å²) in [5.74, 6) is -0.899. The lowest BCUT2D eigenvalue weighted by Gasteiger charge is -2.40. The van der Waals surface area contributed by atoms with Crippen molar-refractivity contribution in [2.24, 2.45) is 10.8 Å². The number of fused-ring (bicyclic) bond motifs is 1. The van der Waals surface area contributed by atoms with Gasteiger partial charge in [-0.3, -0.25) is 0 Å². The summed E-state index contributed by atoms with van der Waals surface area (Å²) in [6.07, 6.45) is 2.07. The summed E-state index contributed by atoms with van der Waals surface area (Å²) in [6, 6.07) is 10.4. The van der Waals surface area contributed by atoms with Gasteiger partial charge in [-0.1, -0.05) is 32.0 Å². The maximum absolute atomic E-state index is 12.7. The number of ether oxygens (including phenoxy) is 8. The average Bonchev–Trinajstić information content (AvgIpc) is 2.97. The molecule has 4 rings (SSSR count). The Balaban J connectivity index is 1.10. The van der Waals surface area contributed by atoms with Crippen LogP contribution in [0.5, 0.6) is 0 Å². The molecule has 0 bridgehead atoms. The third-order valence-corrected chi connectivity index (χ3v) is 7.95. The van der Waals surface area contributed by atoms with E-state index in [1.807, 2.05) is 6.07 Å². The standard InChI is InChI=1S/C32H44O10/c1-3-31(21-39-22-31)19-37-12-10-35-14-16-41-29(33)26-8-9-27-25(18-26)6-5-7-28(27)30(34)42-17-15-36-11-13-38-20-32(4-2)23-40-24-32/h5-9,18H,3-4,10-17,19-24H2,1-2H3. The zero-order chi connectivity index (χ0) is 29.7. The third-order valence-electron chi connectivity index (χ3n) is 7.95. The number of carbonyl (C=O) groups excluding carboxylic acids is 2. The van der Waals surface area contributed by atoms with Crippen LogP contribution in [-0.2, 0) is 37.9 Å². The molecule has 0 unspecified atom stereocenters. The van der Waals surface area contributed by atoms with Crippen molar-refractivity contribution in [1.82, 2.24) is 0 Å². The molecule has 0 aromatic heterocycles. The van der Waals surface area contributed by atoms with Gasteiger partial charge in [0, 0.05) is 10.8 Å². The summed E-state index contributed by atoms with van der Waals surface area (Å²) in [5.41, 5.74) is 1.14. The fraction of sp³-hybridized carbons (Fsp3) is 0.625. The molecular formula is C32H44O10. The van der Waals surface area contributed by atoms with Crippen molar-refractivity contribution in [3.8, 4) is 0 Å². The first kappa shape index (κ1) is 32.3. The molecule has 0 saturated carbocycles. The molecule has 2 aliphatic heterocycles. The van der Waals surface area contributed by atoms with Crippen molar-refractivity contribution in [2.45, 2.75) is 26.7 Å². The van der Waals surface area contributed by atoms with Gasteiger partial charge in [0.25, 0.3) is 0 Å². The lowest BCUT2D eigenvalue weighted by atomic mass is 9.84. The minimum atomic E-state index is -0.452. The smallest absolute Gasteiger partial charge is 0.338 e. The summed E-state index contributed by atoms with van der Waals surface area (Å²) >= 11 is 0. The van der Waals surface area contributed by atoms with E-state index >= 15 is 0 Å². The second-order valence-electron chi connectivity index (χ2n) is 11.0. The van der Waals surface area contributed by atoms with E-state index in [2.05, 4.69) is 13.8 Å². The van der Waals surface area contributed by atoms with E-state index in [0.29, 0.717) is 56.2 Å². The molecule has 42 heavy (non-hydrogen) atoms. The van der Waals surface area contributed by atoms with Gasteiger partial charge in [0.05, 0.1) is 90.4 Å². The minimum Gasteiger partial charge on any atom is -0.460 e. The number of hydrogen-bond acceptors (Lipinski definition) is 10. The Labute approximate surface area is 247 Å². The van der Waals surface area contributed by atoms with E-state index in [4.69, 9.17) is 37.9 Å². The van der Waals surface area contributed by atoms with Crippen molar-refractivity contribution in [3.63, 3.8) is 0 Å². The molecule has 2 heterocycles. The fourth-order valence-electron chi connectivity index (χ4n) is 4.71. The average molecular weight is 589 g/mol. The van der Waals surface area contributed by atoms with Crippen molar-refractivity contribution in [1.29, 1.82) is 0 Å². The largest absolute Gasteiger partial charge is 0.460 e. The number of hydrogen-bond donors (Lipinski definition) is 0. The molecule has 2 aromatic rings. The first-order chi connectivity index (χ1) is 20.5. The molecule has 0 spiro atoms. The predicted octanol–water partition coefficient (Wildman–Crippen LogP) is 4.07. The van der Waals surface area contributed by atoms with E-state index < -0.39 is 11.9 Å². The summed E-state index contributed by atoms with van der Waals surface area (Å²) in [4.78, 5) is 25.3. The van der Waals surface area contributed by atoms with Gasteiger partial charge in [-0.2, -0.15) is 0 Å². The molecule has 2 fully saturated rings. The Morgan fingerprint density at radius 3 is 1.71 bits per heavy atom. The van der Waals surface area contributed by atoms with Crippen LogP contribution < -0.4 is 0 Å². The molecule has 0 N–H and O–H groups in total. The van der Waals surface area contributed by atoms with Gasteiger partial charge in [0.1, 0.15) is 13.2 Å². The Bertz CT molecular complexity index is 1130. The highest BCUT2D eigenvalue weighted by molar-refractivity contribution is 6.06. The summed E-state index contributed by atoms with van der Waals surface area (Å²) in [5, 5.41) is 1.43. The van der Waals surface area contributed by atoms with Gasteiger partial charge >= 0.3 is 11.9 Å². The Morgan fingerprint density at radius 1 is 0.667 bits per heavy atom. The van der Waals surface area contributed by atoms with E-state index in [1.165, 1.54) is 0 Å². The maximum atomic E-state index is 12.7. The Hall–Kier alpha value is -2.60. The highest BCUT2D eigenvalue weighted by Gasteiger charge is 2.37.